The second-order valence-electron chi connectivity index (χ2n) is 6.24. The quantitative estimate of drug-likeness (QED) is 0.832. The van der Waals surface area contributed by atoms with E-state index in [1.54, 1.807) is 24.3 Å². The standard InChI is InChI=1S/C19H24O4S/c1-14(2)16-9-7-15(8-10-16)12-24(21,22)13-19(20)17-5-4-6-18(11-17)23-3/h4-11,14,19-20H,12-13H2,1-3H3. The predicted molar refractivity (Wildman–Crippen MR) is 96.0 cm³/mol. The van der Waals surface area contributed by atoms with Gasteiger partial charge >= 0.3 is 0 Å². The average molecular weight is 348 g/mol. The van der Waals surface area contributed by atoms with Crippen LogP contribution in [0.5, 0.6) is 5.75 Å². The lowest BCUT2D eigenvalue weighted by Crippen LogP contribution is -2.16. The number of methoxy groups -OCH3 is 1. The van der Waals surface area contributed by atoms with Gasteiger partial charge < -0.3 is 9.84 Å². The Morgan fingerprint density at radius 3 is 2.29 bits per heavy atom. The van der Waals surface area contributed by atoms with Gasteiger partial charge in [0.1, 0.15) is 5.75 Å². The number of aliphatic hydroxyl groups excluding tert-OH is 1. The molecule has 1 N–H and O–H groups in total. The van der Waals surface area contributed by atoms with E-state index in [2.05, 4.69) is 13.8 Å². The predicted octanol–water partition coefficient (Wildman–Crippen LogP) is 3.47. The zero-order valence-electron chi connectivity index (χ0n) is 14.3. The summed E-state index contributed by atoms with van der Waals surface area (Å²) in [6.07, 6.45) is -1.07. The van der Waals surface area contributed by atoms with Gasteiger partial charge in [0, 0.05) is 0 Å². The highest BCUT2D eigenvalue weighted by Gasteiger charge is 2.20. The molecule has 0 saturated carbocycles. The molecule has 0 saturated heterocycles. The van der Waals surface area contributed by atoms with E-state index in [1.165, 1.54) is 12.7 Å². The van der Waals surface area contributed by atoms with Crippen molar-refractivity contribution in [1.82, 2.24) is 0 Å². The fourth-order valence-electron chi connectivity index (χ4n) is 2.50. The number of hydrogen-bond acceptors (Lipinski definition) is 4. The van der Waals surface area contributed by atoms with Gasteiger partial charge in [0.25, 0.3) is 0 Å². The molecule has 0 fully saturated rings. The minimum atomic E-state index is -3.43. The summed E-state index contributed by atoms with van der Waals surface area (Å²) in [5, 5.41) is 10.2. The lowest BCUT2D eigenvalue weighted by Gasteiger charge is -2.13. The maximum Gasteiger partial charge on any atom is 0.157 e. The van der Waals surface area contributed by atoms with Crippen molar-refractivity contribution in [2.75, 3.05) is 12.9 Å². The molecular weight excluding hydrogens is 324 g/mol. The molecule has 0 aliphatic heterocycles. The van der Waals surface area contributed by atoms with Crippen LogP contribution in [-0.2, 0) is 15.6 Å². The topological polar surface area (TPSA) is 63.6 Å². The van der Waals surface area contributed by atoms with E-state index >= 15 is 0 Å². The summed E-state index contributed by atoms with van der Waals surface area (Å²) < 4.78 is 29.8. The van der Waals surface area contributed by atoms with Crippen molar-refractivity contribution >= 4 is 9.84 Å². The molecule has 130 valence electrons. The van der Waals surface area contributed by atoms with Crippen molar-refractivity contribution < 1.29 is 18.3 Å². The maximum absolute atomic E-state index is 12.4. The monoisotopic (exact) mass is 348 g/mol. The molecule has 24 heavy (non-hydrogen) atoms. The highest BCUT2D eigenvalue weighted by molar-refractivity contribution is 7.90. The highest BCUT2D eigenvalue weighted by Crippen LogP contribution is 2.22. The molecule has 1 unspecified atom stereocenters. The van der Waals surface area contributed by atoms with Gasteiger partial charge in [0.15, 0.2) is 9.84 Å². The molecule has 2 aromatic rings. The number of ether oxygens (including phenoxy) is 1. The van der Waals surface area contributed by atoms with Gasteiger partial charge in [-0.1, -0.05) is 50.2 Å². The first-order valence-electron chi connectivity index (χ1n) is 7.92. The van der Waals surface area contributed by atoms with E-state index in [1.807, 2.05) is 24.3 Å². The van der Waals surface area contributed by atoms with Gasteiger partial charge in [-0.2, -0.15) is 0 Å². The average Bonchev–Trinajstić information content (AvgIpc) is 2.54. The zero-order chi connectivity index (χ0) is 17.7. The SMILES string of the molecule is COc1cccc(C(O)CS(=O)(=O)Cc2ccc(C(C)C)cc2)c1. The smallest absolute Gasteiger partial charge is 0.157 e. The molecule has 2 rings (SSSR count). The minimum Gasteiger partial charge on any atom is -0.497 e. The fourth-order valence-corrected chi connectivity index (χ4v) is 3.99. The molecule has 0 aliphatic carbocycles. The molecular formula is C19H24O4S. The molecule has 0 aromatic heterocycles. The van der Waals surface area contributed by atoms with Crippen LogP contribution in [0.4, 0.5) is 0 Å². The van der Waals surface area contributed by atoms with Gasteiger partial charge in [-0.3, -0.25) is 0 Å². The molecule has 2 aromatic carbocycles. The van der Waals surface area contributed by atoms with Crippen LogP contribution >= 0.6 is 0 Å². The third kappa shape index (κ3) is 5.08. The Morgan fingerprint density at radius 1 is 1.04 bits per heavy atom. The van der Waals surface area contributed by atoms with Gasteiger partial charge in [0.2, 0.25) is 0 Å². The van der Waals surface area contributed by atoms with Gasteiger partial charge in [-0.05, 0) is 34.7 Å². The molecule has 0 spiro atoms. The minimum absolute atomic E-state index is 0.0770. The van der Waals surface area contributed by atoms with Crippen molar-refractivity contribution in [3.63, 3.8) is 0 Å². The first-order valence-corrected chi connectivity index (χ1v) is 9.74. The van der Waals surface area contributed by atoms with E-state index in [0.717, 1.165) is 5.56 Å². The number of sulfone groups is 1. The van der Waals surface area contributed by atoms with Crippen molar-refractivity contribution in [2.45, 2.75) is 31.6 Å². The number of hydrogen-bond donors (Lipinski definition) is 1. The molecule has 5 heteroatoms. The normalized spacial score (nSPS) is 13.0. The van der Waals surface area contributed by atoms with E-state index < -0.39 is 15.9 Å². The van der Waals surface area contributed by atoms with Crippen LogP contribution in [0.1, 0.15) is 42.6 Å². The van der Waals surface area contributed by atoms with Gasteiger partial charge in [0.05, 0.1) is 24.7 Å². The summed E-state index contributed by atoms with van der Waals surface area (Å²) in [6.45, 7) is 4.19. The van der Waals surface area contributed by atoms with Gasteiger partial charge in [-0.25, -0.2) is 8.42 Å². The summed E-state index contributed by atoms with van der Waals surface area (Å²) in [4.78, 5) is 0. The third-order valence-electron chi connectivity index (χ3n) is 3.92. The molecule has 0 bridgehead atoms. The number of aliphatic hydroxyl groups is 1. The van der Waals surface area contributed by atoms with Crippen LogP contribution in [0.3, 0.4) is 0 Å². The molecule has 0 aliphatic rings. The third-order valence-corrected chi connectivity index (χ3v) is 5.52. The molecule has 1 atom stereocenters. The van der Waals surface area contributed by atoms with E-state index in [-0.39, 0.29) is 11.5 Å². The Kier molecular flexibility index (Phi) is 6.02. The van der Waals surface area contributed by atoms with Crippen LogP contribution in [0.15, 0.2) is 48.5 Å². The van der Waals surface area contributed by atoms with Crippen molar-refractivity contribution in [3.8, 4) is 5.75 Å². The van der Waals surface area contributed by atoms with Crippen LogP contribution in [0.2, 0.25) is 0 Å². The summed E-state index contributed by atoms with van der Waals surface area (Å²) in [5.74, 6) is 0.608. The summed E-state index contributed by atoms with van der Waals surface area (Å²) in [7, 11) is -1.89. The molecule has 4 nitrogen and oxygen atoms in total. The summed E-state index contributed by atoms with van der Waals surface area (Å²) >= 11 is 0. The van der Waals surface area contributed by atoms with Crippen LogP contribution in [0.25, 0.3) is 0 Å². The van der Waals surface area contributed by atoms with E-state index in [4.69, 9.17) is 4.74 Å². The Hall–Kier alpha value is -1.85. The Bertz CT molecular complexity index is 764. The zero-order valence-corrected chi connectivity index (χ0v) is 15.1. The molecule has 0 amide bonds. The van der Waals surface area contributed by atoms with E-state index in [0.29, 0.717) is 17.2 Å². The van der Waals surface area contributed by atoms with Crippen molar-refractivity contribution in [2.24, 2.45) is 0 Å². The first-order chi connectivity index (χ1) is 11.3. The number of rotatable bonds is 7. The van der Waals surface area contributed by atoms with Crippen molar-refractivity contribution in [3.05, 3.63) is 65.2 Å². The van der Waals surface area contributed by atoms with Gasteiger partial charge in [-0.15, -0.1) is 0 Å². The second kappa shape index (κ2) is 7.81. The second-order valence-corrected chi connectivity index (χ2v) is 8.35. The summed E-state index contributed by atoms with van der Waals surface area (Å²) in [6, 6.07) is 14.4. The Balaban J connectivity index is 2.07. The molecule has 0 radical (unpaired) electrons. The van der Waals surface area contributed by atoms with Crippen LogP contribution < -0.4 is 4.74 Å². The van der Waals surface area contributed by atoms with Crippen molar-refractivity contribution in [1.29, 1.82) is 0 Å². The largest absolute Gasteiger partial charge is 0.497 e. The lowest BCUT2D eigenvalue weighted by atomic mass is 10.0. The van der Waals surface area contributed by atoms with E-state index in [9.17, 15) is 13.5 Å². The summed E-state index contributed by atoms with van der Waals surface area (Å²) in [5.41, 5.74) is 2.44. The Labute approximate surface area is 144 Å². The maximum atomic E-state index is 12.4. The number of benzene rings is 2. The van der Waals surface area contributed by atoms with Crippen LogP contribution in [-0.4, -0.2) is 26.4 Å². The fraction of sp³-hybridized carbons (Fsp3) is 0.368. The lowest BCUT2D eigenvalue weighted by molar-refractivity contribution is 0.201. The van der Waals surface area contributed by atoms with Crippen LogP contribution in [0, 0.1) is 0 Å². The highest BCUT2D eigenvalue weighted by atomic mass is 32.2. The Morgan fingerprint density at radius 2 is 1.71 bits per heavy atom. The molecule has 0 heterocycles. The first kappa shape index (κ1) is 18.5.